The molecule has 0 saturated carbocycles. The van der Waals surface area contributed by atoms with E-state index in [0.717, 1.165) is 51.7 Å². The topological polar surface area (TPSA) is 75.7 Å². The van der Waals surface area contributed by atoms with Crippen molar-refractivity contribution in [3.8, 4) is 11.5 Å². The Balaban J connectivity index is 1.25. The Hall–Kier alpha value is -4.56. The van der Waals surface area contributed by atoms with E-state index in [1.807, 2.05) is 56.7 Å². The Morgan fingerprint density at radius 1 is 0.775 bits per heavy atom. The molecule has 0 unspecified atom stereocenters. The first-order valence-electron chi connectivity index (χ1n) is 13.3. The van der Waals surface area contributed by atoms with Gasteiger partial charge in [0.1, 0.15) is 18.1 Å². The highest BCUT2D eigenvalue weighted by Crippen LogP contribution is 2.24. The van der Waals surface area contributed by atoms with Gasteiger partial charge >= 0.3 is 0 Å². The molecule has 8 heteroatoms. The van der Waals surface area contributed by atoms with Crippen LogP contribution in [-0.4, -0.2) is 49.4 Å². The van der Waals surface area contributed by atoms with E-state index in [2.05, 4.69) is 67.2 Å². The molecule has 0 aliphatic heterocycles. The van der Waals surface area contributed by atoms with Gasteiger partial charge in [-0.05, 0) is 59.7 Å². The molecular formula is C32H35N5O3. The summed E-state index contributed by atoms with van der Waals surface area (Å²) in [6.07, 6.45) is 3.57. The first-order chi connectivity index (χ1) is 19.6. The van der Waals surface area contributed by atoms with Crippen molar-refractivity contribution in [2.45, 2.75) is 19.7 Å². The molecule has 0 radical (unpaired) electrons. The molecule has 0 amide bonds. The van der Waals surface area contributed by atoms with Crippen molar-refractivity contribution >= 4 is 22.4 Å². The molecule has 0 atom stereocenters. The number of ether oxygens (including phenoxy) is 3. The number of anilines is 2. The van der Waals surface area contributed by atoms with Gasteiger partial charge in [0, 0.05) is 50.8 Å². The smallest absolute Gasteiger partial charge is 0.121 e. The van der Waals surface area contributed by atoms with Crippen LogP contribution >= 0.6 is 0 Å². The van der Waals surface area contributed by atoms with Crippen LogP contribution < -0.4 is 19.3 Å². The number of aromatic amines is 1. The lowest BCUT2D eigenvalue weighted by Crippen LogP contribution is -2.22. The molecule has 2 aromatic heterocycles. The average Bonchev–Trinajstić information content (AvgIpc) is 3.45. The number of fused-ring (bicyclic) bond motifs is 1. The third kappa shape index (κ3) is 7.09. The van der Waals surface area contributed by atoms with Gasteiger partial charge in [-0.3, -0.25) is 4.98 Å². The Kier molecular flexibility index (Phi) is 8.78. The summed E-state index contributed by atoms with van der Waals surface area (Å²) in [5, 5.41) is 0. The summed E-state index contributed by atoms with van der Waals surface area (Å²) < 4.78 is 17.3. The molecule has 40 heavy (non-hydrogen) atoms. The summed E-state index contributed by atoms with van der Waals surface area (Å²) in [6, 6.07) is 26.7. The Labute approximate surface area is 235 Å². The minimum absolute atomic E-state index is 0.405. The van der Waals surface area contributed by atoms with E-state index in [4.69, 9.17) is 14.2 Å². The van der Waals surface area contributed by atoms with E-state index in [1.54, 1.807) is 13.4 Å². The fourth-order valence-electron chi connectivity index (χ4n) is 4.52. The van der Waals surface area contributed by atoms with Crippen molar-refractivity contribution in [1.29, 1.82) is 0 Å². The number of methoxy groups -OCH3 is 1. The standard InChI is InChI=1S/C32H35N5O3/c1-36(2)27-7-5-9-30(19-27)40-15-14-39-22-26-18-28(12-13-33-26)37(20-24-6-4-8-29(16-24)38-3)21-25-10-11-31-32(17-25)35-23-34-31/h4-13,16-19,23H,14-15,20-22H2,1-3H3,(H,34,35). The highest BCUT2D eigenvalue weighted by molar-refractivity contribution is 5.75. The third-order valence-corrected chi connectivity index (χ3v) is 6.61. The van der Waals surface area contributed by atoms with Crippen LogP contribution in [0, 0.1) is 0 Å². The fraction of sp³-hybridized carbons (Fsp3) is 0.250. The van der Waals surface area contributed by atoms with Crippen molar-refractivity contribution < 1.29 is 14.2 Å². The van der Waals surface area contributed by atoms with Crippen molar-refractivity contribution in [3.63, 3.8) is 0 Å². The minimum Gasteiger partial charge on any atom is -0.497 e. The molecule has 0 fully saturated rings. The molecular weight excluding hydrogens is 502 g/mol. The molecule has 5 rings (SSSR count). The summed E-state index contributed by atoms with van der Waals surface area (Å²) in [5.74, 6) is 1.67. The lowest BCUT2D eigenvalue weighted by Gasteiger charge is -2.26. The SMILES string of the molecule is COc1cccc(CN(Cc2ccc3nc[nH]c3c2)c2ccnc(COCCOc3cccc(N(C)C)c3)c2)c1. The number of hydrogen-bond acceptors (Lipinski definition) is 7. The van der Waals surface area contributed by atoms with Crippen LogP contribution in [0.4, 0.5) is 11.4 Å². The van der Waals surface area contributed by atoms with E-state index < -0.39 is 0 Å². The van der Waals surface area contributed by atoms with Crippen molar-refractivity contribution in [3.05, 3.63) is 108 Å². The molecule has 0 bridgehead atoms. The summed E-state index contributed by atoms with van der Waals surface area (Å²) >= 11 is 0. The number of pyridine rings is 1. The molecule has 0 aliphatic carbocycles. The quantitative estimate of drug-likeness (QED) is 0.189. The van der Waals surface area contributed by atoms with E-state index >= 15 is 0 Å². The van der Waals surface area contributed by atoms with Crippen LogP contribution in [0.15, 0.2) is 91.4 Å². The number of hydrogen-bond donors (Lipinski definition) is 1. The van der Waals surface area contributed by atoms with Crippen LogP contribution in [0.3, 0.4) is 0 Å². The molecule has 3 aromatic carbocycles. The first-order valence-corrected chi connectivity index (χ1v) is 13.3. The van der Waals surface area contributed by atoms with Crippen molar-refractivity contribution in [2.24, 2.45) is 0 Å². The molecule has 5 aromatic rings. The Morgan fingerprint density at radius 3 is 2.45 bits per heavy atom. The molecule has 2 heterocycles. The zero-order valence-corrected chi connectivity index (χ0v) is 23.2. The van der Waals surface area contributed by atoms with E-state index in [9.17, 15) is 0 Å². The van der Waals surface area contributed by atoms with Gasteiger partial charge in [0.25, 0.3) is 0 Å². The van der Waals surface area contributed by atoms with Crippen LogP contribution in [0.25, 0.3) is 11.0 Å². The highest BCUT2D eigenvalue weighted by Gasteiger charge is 2.12. The number of H-pyrrole nitrogens is 1. The van der Waals surface area contributed by atoms with Crippen LogP contribution in [0.5, 0.6) is 11.5 Å². The lowest BCUT2D eigenvalue weighted by molar-refractivity contribution is 0.0870. The van der Waals surface area contributed by atoms with Gasteiger partial charge in [-0.15, -0.1) is 0 Å². The van der Waals surface area contributed by atoms with Gasteiger partial charge < -0.3 is 29.0 Å². The summed E-state index contributed by atoms with van der Waals surface area (Å²) in [5.41, 5.74) is 7.36. The van der Waals surface area contributed by atoms with Gasteiger partial charge in [-0.2, -0.15) is 0 Å². The number of aromatic nitrogens is 3. The zero-order valence-electron chi connectivity index (χ0n) is 23.2. The van der Waals surface area contributed by atoms with E-state index in [0.29, 0.717) is 26.4 Å². The number of imidazole rings is 1. The fourth-order valence-corrected chi connectivity index (χ4v) is 4.52. The number of nitrogens with one attached hydrogen (secondary N) is 1. The summed E-state index contributed by atoms with van der Waals surface area (Å²) in [7, 11) is 5.72. The van der Waals surface area contributed by atoms with Gasteiger partial charge in [0.05, 0.1) is 43.4 Å². The number of benzene rings is 3. The average molecular weight is 538 g/mol. The lowest BCUT2D eigenvalue weighted by atomic mass is 10.1. The number of rotatable bonds is 13. The molecule has 0 spiro atoms. The summed E-state index contributed by atoms with van der Waals surface area (Å²) in [6.45, 7) is 2.77. The van der Waals surface area contributed by atoms with Crippen molar-refractivity contribution in [1.82, 2.24) is 15.0 Å². The molecule has 206 valence electrons. The van der Waals surface area contributed by atoms with Crippen molar-refractivity contribution in [2.75, 3.05) is 44.2 Å². The maximum atomic E-state index is 5.92. The predicted molar refractivity (Wildman–Crippen MR) is 159 cm³/mol. The molecule has 8 nitrogen and oxygen atoms in total. The van der Waals surface area contributed by atoms with E-state index in [1.165, 1.54) is 5.56 Å². The van der Waals surface area contributed by atoms with Crippen LogP contribution in [-0.2, 0) is 24.4 Å². The maximum Gasteiger partial charge on any atom is 0.121 e. The van der Waals surface area contributed by atoms with Gasteiger partial charge in [0.15, 0.2) is 0 Å². The van der Waals surface area contributed by atoms with Gasteiger partial charge in [0.2, 0.25) is 0 Å². The normalized spacial score (nSPS) is 11.0. The van der Waals surface area contributed by atoms with E-state index in [-0.39, 0.29) is 0 Å². The largest absolute Gasteiger partial charge is 0.497 e. The number of nitrogens with zero attached hydrogens (tertiary/aromatic N) is 4. The zero-order chi connectivity index (χ0) is 27.7. The Morgan fingerprint density at radius 2 is 1.60 bits per heavy atom. The predicted octanol–water partition coefficient (Wildman–Crippen LogP) is 5.83. The van der Waals surface area contributed by atoms with Crippen LogP contribution in [0.1, 0.15) is 16.8 Å². The molecule has 0 aliphatic rings. The Bertz CT molecular complexity index is 1530. The minimum atomic E-state index is 0.405. The molecule has 0 saturated heterocycles. The summed E-state index contributed by atoms with van der Waals surface area (Å²) in [4.78, 5) is 16.5. The van der Waals surface area contributed by atoms with Crippen LogP contribution in [0.2, 0.25) is 0 Å². The second-order valence-electron chi connectivity index (χ2n) is 9.76. The second-order valence-corrected chi connectivity index (χ2v) is 9.76. The monoisotopic (exact) mass is 537 g/mol. The van der Waals surface area contributed by atoms with Gasteiger partial charge in [-0.1, -0.05) is 24.3 Å². The maximum absolute atomic E-state index is 5.92. The first kappa shape index (κ1) is 27.0. The van der Waals surface area contributed by atoms with Gasteiger partial charge in [-0.25, -0.2) is 4.98 Å². The second kappa shape index (κ2) is 13.0. The third-order valence-electron chi connectivity index (χ3n) is 6.61. The molecule has 1 N–H and O–H groups in total. The highest BCUT2D eigenvalue weighted by atomic mass is 16.5.